The van der Waals surface area contributed by atoms with Crippen LogP contribution in [0.3, 0.4) is 0 Å². The number of hydrogen-bond acceptors (Lipinski definition) is 1. The average Bonchev–Trinajstić information content (AvgIpc) is 3.07. The van der Waals surface area contributed by atoms with Crippen molar-refractivity contribution < 1.29 is 9.18 Å². The minimum absolute atomic E-state index is 0.0322. The molecule has 0 bridgehead atoms. The number of urea groups is 1. The number of carbonyl (C=O) groups is 1. The summed E-state index contributed by atoms with van der Waals surface area (Å²) in [5, 5.41) is 5.43. The van der Waals surface area contributed by atoms with Gasteiger partial charge in [-0.15, -0.1) is 0 Å². The van der Waals surface area contributed by atoms with Gasteiger partial charge in [0, 0.05) is 24.1 Å². The maximum absolute atomic E-state index is 13.2. The van der Waals surface area contributed by atoms with E-state index in [9.17, 15) is 9.18 Å². The van der Waals surface area contributed by atoms with Crippen LogP contribution in [0, 0.1) is 19.7 Å². The summed E-state index contributed by atoms with van der Waals surface area (Å²) in [5.74, 6) is -0.521. The van der Waals surface area contributed by atoms with Gasteiger partial charge in [0.25, 0.3) is 0 Å². The van der Waals surface area contributed by atoms with Gasteiger partial charge in [-0.2, -0.15) is 0 Å². The summed E-state index contributed by atoms with van der Waals surface area (Å²) in [5.41, 5.74) is 5.13. The molecule has 3 rings (SSSR count). The molecule has 0 aliphatic carbocycles. The number of aromatic nitrogens is 1. The number of amides is 2. The highest BCUT2D eigenvalue weighted by Crippen LogP contribution is 2.19. The van der Waals surface area contributed by atoms with Gasteiger partial charge in [0.1, 0.15) is 5.82 Å². The molecule has 2 amide bonds. The van der Waals surface area contributed by atoms with Gasteiger partial charge in [0.05, 0.1) is 11.6 Å². The molecular weight excluding hydrogens is 365 g/mol. The first kappa shape index (κ1) is 19.0. The molecule has 0 atom stereocenters. The van der Waals surface area contributed by atoms with Crippen molar-refractivity contribution in [1.82, 2.24) is 9.88 Å². The number of nitrogens with zero attached hydrogens (tertiary/aromatic N) is 1. The molecule has 0 unspecified atom stereocenters. The number of carbonyl (C=O) groups excluding carboxylic acids is 1. The third-order valence-corrected chi connectivity index (χ3v) is 4.67. The lowest BCUT2D eigenvalue weighted by atomic mass is 10.1. The highest BCUT2D eigenvalue weighted by molar-refractivity contribution is 6.31. The van der Waals surface area contributed by atoms with Crippen molar-refractivity contribution in [1.29, 1.82) is 0 Å². The van der Waals surface area contributed by atoms with Crippen LogP contribution in [0.2, 0.25) is 5.02 Å². The molecule has 1 aromatic heterocycles. The van der Waals surface area contributed by atoms with Gasteiger partial charge in [-0.3, -0.25) is 0 Å². The van der Waals surface area contributed by atoms with Crippen molar-refractivity contribution in [3.63, 3.8) is 0 Å². The van der Waals surface area contributed by atoms with Gasteiger partial charge in [-0.1, -0.05) is 35.4 Å². The van der Waals surface area contributed by atoms with Crippen molar-refractivity contribution in [2.24, 2.45) is 0 Å². The van der Waals surface area contributed by atoms with Gasteiger partial charge in [-0.25, -0.2) is 9.18 Å². The maximum atomic E-state index is 13.2. The highest BCUT2D eigenvalue weighted by atomic mass is 35.5. The largest absolute Gasteiger partial charge is 0.345 e. The van der Waals surface area contributed by atoms with E-state index < -0.39 is 5.82 Å². The quantitative estimate of drug-likeness (QED) is 0.617. The van der Waals surface area contributed by atoms with Gasteiger partial charge in [0.2, 0.25) is 0 Å². The third-order valence-electron chi connectivity index (χ3n) is 4.38. The van der Waals surface area contributed by atoms with E-state index in [-0.39, 0.29) is 11.1 Å². The fourth-order valence-electron chi connectivity index (χ4n) is 2.84. The lowest BCUT2D eigenvalue weighted by molar-refractivity contribution is 0.251. The Morgan fingerprint density at radius 3 is 2.74 bits per heavy atom. The zero-order valence-corrected chi connectivity index (χ0v) is 16.0. The summed E-state index contributed by atoms with van der Waals surface area (Å²) in [6.45, 7) is 5.29. The van der Waals surface area contributed by atoms with Crippen LogP contribution in [0.15, 0.2) is 54.7 Å². The van der Waals surface area contributed by atoms with E-state index in [1.165, 1.54) is 34.9 Å². The number of aryl methyl sites for hydroxylation is 2. The number of halogens is 2. The number of rotatable bonds is 5. The van der Waals surface area contributed by atoms with E-state index in [0.29, 0.717) is 12.2 Å². The SMILES string of the molecule is Cc1ccc(C)c(Cn2cccc2CNC(=O)Nc2ccc(F)c(Cl)c2)c1. The molecule has 0 saturated carbocycles. The van der Waals surface area contributed by atoms with E-state index >= 15 is 0 Å². The topological polar surface area (TPSA) is 46.1 Å². The molecule has 6 heteroatoms. The first-order valence-corrected chi connectivity index (χ1v) is 9.00. The maximum Gasteiger partial charge on any atom is 0.319 e. The predicted molar refractivity (Wildman–Crippen MR) is 107 cm³/mol. The molecule has 0 spiro atoms. The van der Waals surface area contributed by atoms with E-state index in [1.807, 2.05) is 18.3 Å². The number of hydrogen-bond donors (Lipinski definition) is 2. The zero-order chi connectivity index (χ0) is 19.4. The summed E-state index contributed by atoms with van der Waals surface area (Å²) in [6, 6.07) is 14.0. The van der Waals surface area contributed by atoms with Crippen LogP contribution in [-0.2, 0) is 13.1 Å². The normalized spacial score (nSPS) is 10.7. The zero-order valence-electron chi connectivity index (χ0n) is 15.2. The van der Waals surface area contributed by atoms with Crippen molar-refractivity contribution >= 4 is 23.3 Å². The van der Waals surface area contributed by atoms with Crippen LogP contribution in [-0.4, -0.2) is 10.6 Å². The molecular formula is C21H21ClFN3O. The van der Waals surface area contributed by atoms with Crippen LogP contribution < -0.4 is 10.6 Å². The first-order valence-electron chi connectivity index (χ1n) is 8.62. The minimum atomic E-state index is -0.521. The van der Waals surface area contributed by atoms with E-state index in [4.69, 9.17) is 11.6 Å². The first-order chi connectivity index (χ1) is 12.9. The standard InChI is InChI=1S/C21H21ClFN3O/c1-14-5-6-15(2)16(10-14)13-26-9-3-4-18(26)12-24-21(27)25-17-7-8-20(23)19(22)11-17/h3-11H,12-13H2,1-2H3,(H2,24,25,27). The van der Waals surface area contributed by atoms with Gasteiger partial charge >= 0.3 is 6.03 Å². The van der Waals surface area contributed by atoms with E-state index in [2.05, 4.69) is 47.2 Å². The molecule has 2 N–H and O–H groups in total. The van der Waals surface area contributed by atoms with Crippen molar-refractivity contribution in [3.8, 4) is 0 Å². The van der Waals surface area contributed by atoms with Crippen molar-refractivity contribution in [3.05, 3.63) is 88.0 Å². The second-order valence-electron chi connectivity index (χ2n) is 6.49. The molecule has 27 heavy (non-hydrogen) atoms. The fraction of sp³-hybridized carbons (Fsp3) is 0.190. The smallest absolute Gasteiger partial charge is 0.319 e. The molecule has 4 nitrogen and oxygen atoms in total. The van der Waals surface area contributed by atoms with Crippen LogP contribution in [0.1, 0.15) is 22.4 Å². The molecule has 0 radical (unpaired) electrons. The average molecular weight is 386 g/mol. The Hall–Kier alpha value is -2.79. The van der Waals surface area contributed by atoms with Gasteiger partial charge in [-0.05, 0) is 55.3 Å². The Kier molecular flexibility index (Phi) is 5.81. The van der Waals surface area contributed by atoms with Gasteiger partial charge in [0.15, 0.2) is 0 Å². The van der Waals surface area contributed by atoms with Crippen LogP contribution >= 0.6 is 11.6 Å². The van der Waals surface area contributed by atoms with Crippen LogP contribution in [0.25, 0.3) is 0 Å². The number of nitrogens with one attached hydrogen (secondary N) is 2. The Balaban J connectivity index is 1.62. The van der Waals surface area contributed by atoms with Crippen LogP contribution in [0.5, 0.6) is 0 Å². The molecule has 140 valence electrons. The third kappa shape index (κ3) is 4.89. The molecule has 3 aromatic rings. The number of anilines is 1. The summed E-state index contributed by atoms with van der Waals surface area (Å²) >= 11 is 5.73. The van der Waals surface area contributed by atoms with E-state index in [0.717, 1.165) is 12.2 Å². The summed E-state index contributed by atoms with van der Waals surface area (Å²) in [6.07, 6.45) is 2.00. The predicted octanol–water partition coefficient (Wildman–Crippen LogP) is 5.27. The lowest BCUT2D eigenvalue weighted by Gasteiger charge is -2.13. The van der Waals surface area contributed by atoms with Crippen molar-refractivity contribution in [2.75, 3.05) is 5.32 Å². The van der Waals surface area contributed by atoms with Crippen molar-refractivity contribution in [2.45, 2.75) is 26.9 Å². The minimum Gasteiger partial charge on any atom is -0.345 e. The Morgan fingerprint density at radius 2 is 1.96 bits per heavy atom. The molecule has 1 heterocycles. The Labute approximate surface area is 163 Å². The Morgan fingerprint density at radius 1 is 1.15 bits per heavy atom. The monoisotopic (exact) mass is 385 g/mol. The van der Waals surface area contributed by atoms with E-state index in [1.54, 1.807) is 0 Å². The van der Waals surface area contributed by atoms with Gasteiger partial charge < -0.3 is 15.2 Å². The number of benzene rings is 2. The summed E-state index contributed by atoms with van der Waals surface area (Å²) in [4.78, 5) is 12.1. The summed E-state index contributed by atoms with van der Waals surface area (Å²) < 4.78 is 15.3. The second-order valence-corrected chi connectivity index (χ2v) is 6.90. The molecule has 2 aromatic carbocycles. The Bertz CT molecular complexity index is 968. The molecule has 0 aliphatic rings. The molecule has 0 fully saturated rings. The highest BCUT2D eigenvalue weighted by Gasteiger charge is 2.08. The molecule has 0 aliphatic heterocycles. The fourth-order valence-corrected chi connectivity index (χ4v) is 3.02. The second kappa shape index (κ2) is 8.27. The molecule has 0 saturated heterocycles. The van der Waals surface area contributed by atoms with Crippen LogP contribution in [0.4, 0.5) is 14.9 Å². The summed E-state index contributed by atoms with van der Waals surface area (Å²) in [7, 11) is 0. The lowest BCUT2D eigenvalue weighted by Crippen LogP contribution is -2.29.